The lowest BCUT2D eigenvalue weighted by Gasteiger charge is -2.34. The molecule has 0 saturated carbocycles. The fourth-order valence-corrected chi connectivity index (χ4v) is 4.07. The number of aliphatic carboxylic acids is 1. The monoisotopic (exact) mass is 357 g/mol. The summed E-state index contributed by atoms with van der Waals surface area (Å²) in [5, 5.41) is 9.07. The Bertz CT molecular complexity index is 838. The Hall–Kier alpha value is -2.41. The third-order valence-electron chi connectivity index (χ3n) is 5.58. The lowest BCUT2D eigenvalue weighted by Crippen LogP contribution is -2.41. The van der Waals surface area contributed by atoms with Gasteiger partial charge >= 0.3 is 5.97 Å². The molecule has 0 spiro atoms. The maximum absolute atomic E-state index is 12.9. The number of aryl methyl sites for hydroxylation is 1. The number of pyridine rings is 1. The molecule has 4 rings (SSSR count). The number of carboxylic acids is 1. The van der Waals surface area contributed by atoms with Crippen molar-refractivity contribution in [2.24, 2.45) is 5.92 Å². The zero-order chi connectivity index (χ0) is 18.3. The highest BCUT2D eigenvalue weighted by Gasteiger charge is 2.37. The fraction of sp³-hybridized carbons (Fsp3) is 0.526. The molecular weight excluding hydrogens is 334 g/mol. The van der Waals surface area contributed by atoms with Gasteiger partial charge in [-0.1, -0.05) is 0 Å². The van der Waals surface area contributed by atoms with Crippen LogP contribution in [0.2, 0.25) is 0 Å². The number of rotatable bonds is 3. The number of imidazole rings is 1. The number of fused-ring (bicyclic) bond motifs is 1. The smallest absolute Gasteiger partial charge is 0.332 e. The van der Waals surface area contributed by atoms with Crippen molar-refractivity contribution in [3.63, 3.8) is 0 Å². The molecule has 7 heteroatoms. The van der Waals surface area contributed by atoms with E-state index in [-0.39, 0.29) is 12.0 Å². The molecule has 2 saturated heterocycles. The summed E-state index contributed by atoms with van der Waals surface area (Å²) in [4.78, 5) is 30.1. The third kappa shape index (κ3) is 3.07. The van der Waals surface area contributed by atoms with Crippen LogP contribution in [0.4, 0.5) is 0 Å². The molecule has 2 atom stereocenters. The SMILES string of the molecule is Cc1ccn2cnc(C(=O)N3CCC([C@@H]4CC[C@H](C(=O)O)O4)CC3)c2c1. The second kappa shape index (κ2) is 6.72. The Morgan fingerprint density at radius 2 is 2.00 bits per heavy atom. The van der Waals surface area contributed by atoms with E-state index in [2.05, 4.69) is 4.98 Å². The molecule has 2 aromatic rings. The standard InChI is InChI=1S/C19H23N3O4/c1-12-4-7-22-11-20-17(14(22)10-12)18(23)21-8-5-13(6-9-21)15-2-3-16(26-15)19(24)25/h4,7,10-11,13,15-16H,2-3,5-6,8-9H2,1H3,(H,24,25)/t15-,16+/m0/s1. The van der Waals surface area contributed by atoms with Crippen LogP contribution in [0.5, 0.6) is 0 Å². The predicted molar refractivity (Wildman–Crippen MR) is 94.1 cm³/mol. The van der Waals surface area contributed by atoms with Crippen molar-refractivity contribution in [1.82, 2.24) is 14.3 Å². The number of piperidine rings is 1. The minimum Gasteiger partial charge on any atom is -0.479 e. The molecule has 138 valence electrons. The molecule has 2 fully saturated rings. The van der Waals surface area contributed by atoms with Crippen LogP contribution in [0.25, 0.3) is 5.52 Å². The van der Waals surface area contributed by atoms with Crippen molar-refractivity contribution >= 4 is 17.4 Å². The van der Waals surface area contributed by atoms with Gasteiger partial charge in [0.15, 0.2) is 11.8 Å². The van der Waals surface area contributed by atoms with Crippen molar-refractivity contribution in [2.75, 3.05) is 13.1 Å². The van der Waals surface area contributed by atoms with Crippen LogP contribution in [0.15, 0.2) is 24.7 Å². The van der Waals surface area contributed by atoms with Gasteiger partial charge < -0.3 is 19.1 Å². The van der Waals surface area contributed by atoms with Crippen molar-refractivity contribution < 1.29 is 19.4 Å². The topological polar surface area (TPSA) is 84.1 Å². The van der Waals surface area contributed by atoms with Gasteiger partial charge in [-0.3, -0.25) is 4.79 Å². The highest BCUT2D eigenvalue weighted by atomic mass is 16.5. The number of ether oxygens (including phenoxy) is 1. The van der Waals surface area contributed by atoms with E-state index in [4.69, 9.17) is 9.84 Å². The fourth-order valence-electron chi connectivity index (χ4n) is 4.07. The zero-order valence-corrected chi connectivity index (χ0v) is 14.8. The van der Waals surface area contributed by atoms with Crippen molar-refractivity contribution in [3.8, 4) is 0 Å². The highest BCUT2D eigenvalue weighted by molar-refractivity contribution is 5.99. The molecule has 1 amide bonds. The van der Waals surface area contributed by atoms with Crippen LogP contribution in [-0.2, 0) is 9.53 Å². The first-order valence-corrected chi connectivity index (χ1v) is 9.14. The second-order valence-corrected chi connectivity index (χ2v) is 7.30. The second-order valence-electron chi connectivity index (χ2n) is 7.30. The van der Waals surface area contributed by atoms with E-state index in [1.165, 1.54) is 0 Å². The molecule has 2 aromatic heterocycles. The maximum Gasteiger partial charge on any atom is 0.332 e. The van der Waals surface area contributed by atoms with E-state index in [1.807, 2.05) is 34.6 Å². The normalized spacial score (nSPS) is 24.3. The molecule has 7 nitrogen and oxygen atoms in total. The number of nitrogens with zero attached hydrogens (tertiary/aromatic N) is 3. The van der Waals surface area contributed by atoms with Crippen molar-refractivity contribution in [1.29, 1.82) is 0 Å². The minimum absolute atomic E-state index is 0.00411. The molecule has 4 heterocycles. The van der Waals surface area contributed by atoms with Gasteiger partial charge in [0.2, 0.25) is 0 Å². The summed E-state index contributed by atoms with van der Waals surface area (Å²) in [6.45, 7) is 3.32. The molecule has 0 aliphatic carbocycles. The number of hydrogen-bond acceptors (Lipinski definition) is 4. The average Bonchev–Trinajstić information content (AvgIpc) is 3.28. The van der Waals surface area contributed by atoms with E-state index in [0.29, 0.717) is 31.1 Å². The van der Waals surface area contributed by atoms with Gasteiger partial charge in [0, 0.05) is 19.3 Å². The maximum atomic E-state index is 12.9. The first-order chi connectivity index (χ1) is 12.5. The molecule has 2 aliphatic heterocycles. The van der Waals surface area contributed by atoms with E-state index in [9.17, 15) is 9.59 Å². The Morgan fingerprint density at radius 3 is 2.69 bits per heavy atom. The number of likely N-dealkylation sites (tertiary alicyclic amines) is 1. The molecule has 0 radical (unpaired) electrons. The van der Waals surface area contributed by atoms with E-state index < -0.39 is 12.1 Å². The van der Waals surface area contributed by atoms with E-state index in [0.717, 1.165) is 30.3 Å². The molecule has 1 N–H and O–H groups in total. The number of aromatic nitrogens is 2. The van der Waals surface area contributed by atoms with Crippen LogP contribution >= 0.6 is 0 Å². The van der Waals surface area contributed by atoms with Gasteiger partial charge in [-0.25, -0.2) is 9.78 Å². The van der Waals surface area contributed by atoms with Crippen molar-refractivity contribution in [2.45, 2.75) is 44.8 Å². The Kier molecular flexibility index (Phi) is 4.40. The van der Waals surface area contributed by atoms with Crippen LogP contribution in [0, 0.1) is 12.8 Å². The number of hydrogen-bond donors (Lipinski definition) is 1. The summed E-state index contributed by atoms with van der Waals surface area (Å²) in [7, 11) is 0. The number of carbonyl (C=O) groups excluding carboxylic acids is 1. The summed E-state index contributed by atoms with van der Waals surface area (Å²) in [5.74, 6) is -0.584. The van der Waals surface area contributed by atoms with Gasteiger partial charge in [0.1, 0.15) is 6.33 Å². The number of carbonyl (C=O) groups is 2. The Morgan fingerprint density at radius 1 is 1.23 bits per heavy atom. The molecule has 0 aromatic carbocycles. The van der Waals surface area contributed by atoms with Gasteiger partial charge in [-0.05, 0) is 56.2 Å². The average molecular weight is 357 g/mol. The first kappa shape index (κ1) is 17.0. The highest BCUT2D eigenvalue weighted by Crippen LogP contribution is 2.32. The molecule has 0 bridgehead atoms. The third-order valence-corrected chi connectivity index (χ3v) is 5.58. The molecule has 2 aliphatic rings. The van der Waals surface area contributed by atoms with Gasteiger partial charge in [-0.15, -0.1) is 0 Å². The molecule has 26 heavy (non-hydrogen) atoms. The minimum atomic E-state index is -0.873. The van der Waals surface area contributed by atoms with Crippen LogP contribution in [-0.4, -0.2) is 56.6 Å². The summed E-state index contributed by atoms with van der Waals surface area (Å²) in [6.07, 6.45) is 5.98. The number of amides is 1. The van der Waals surface area contributed by atoms with Gasteiger partial charge in [-0.2, -0.15) is 0 Å². The van der Waals surface area contributed by atoms with Gasteiger partial charge in [0.25, 0.3) is 5.91 Å². The summed E-state index contributed by atoms with van der Waals surface area (Å²) < 4.78 is 7.55. The van der Waals surface area contributed by atoms with Crippen molar-refractivity contribution in [3.05, 3.63) is 35.9 Å². The largest absolute Gasteiger partial charge is 0.479 e. The predicted octanol–water partition coefficient (Wildman–Crippen LogP) is 2.13. The van der Waals surface area contributed by atoms with Crippen LogP contribution in [0.3, 0.4) is 0 Å². The first-order valence-electron chi connectivity index (χ1n) is 9.14. The van der Waals surface area contributed by atoms with Crippen LogP contribution < -0.4 is 0 Å². The quantitative estimate of drug-likeness (QED) is 0.910. The Balaban J connectivity index is 1.41. The summed E-state index contributed by atoms with van der Waals surface area (Å²) in [5.41, 5.74) is 2.42. The van der Waals surface area contributed by atoms with E-state index >= 15 is 0 Å². The van der Waals surface area contributed by atoms with Crippen LogP contribution in [0.1, 0.15) is 41.7 Å². The lowest BCUT2D eigenvalue weighted by molar-refractivity contribution is -0.150. The van der Waals surface area contributed by atoms with Gasteiger partial charge in [0.05, 0.1) is 11.6 Å². The van der Waals surface area contributed by atoms with E-state index in [1.54, 1.807) is 6.33 Å². The molecule has 0 unspecified atom stereocenters. The summed E-state index contributed by atoms with van der Waals surface area (Å²) >= 11 is 0. The number of carboxylic acid groups (broad SMARTS) is 1. The Labute approximate surface area is 151 Å². The summed E-state index contributed by atoms with van der Waals surface area (Å²) in [6, 6.07) is 3.96. The molecular formula is C19H23N3O4. The zero-order valence-electron chi connectivity index (χ0n) is 14.8. The lowest BCUT2D eigenvalue weighted by atomic mass is 9.89.